The van der Waals surface area contributed by atoms with E-state index >= 15 is 0 Å². The SMILES string of the molecule is Fc1nc(Br)c(Br)c(Br)c1Br. The normalized spacial score (nSPS) is 10.3. The Labute approximate surface area is 96.3 Å². The second kappa shape index (κ2) is 3.81. The van der Waals surface area contributed by atoms with Crippen molar-refractivity contribution in [1.29, 1.82) is 0 Å². The molecule has 0 bridgehead atoms. The highest BCUT2D eigenvalue weighted by atomic mass is 79.9. The zero-order valence-corrected chi connectivity index (χ0v) is 11.2. The van der Waals surface area contributed by atoms with Gasteiger partial charge in [-0.1, -0.05) is 0 Å². The molecule has 1 aromatic rings. The van der Waals surface area contributed by atoms with E-state index in [2.05, 4.69) is 68.7 Å². The van der Waals surface area contributed by atoms with Crippen LogP contribution in [0, 0.1) is 5.95 Å². The Balaban J connectivity index is 3.46. The molecule has 11 heavy (non-hydrogen) atoms. The lowest BCUT2D eigenvalue weighted by atomic mass is 10.5. The van der Waals surface area contributed by atoms with E-state index < -0.39 is 5.95 Å². The molecule has 0 fully saturated rings. The Kier molecular flexibility index (Phi) is 3.49. The monoisotopic (exact) mass is 409 g/mol. The molecule has 1 nitrogen and oxygen atoms in total. The second-order valence-corrected chi connectivity index (χ2v) is 4.77. The summed E-state index contributed by atoms with van der Waals surface area (Å²) in [5, 5.41) is 0. The minimum atomic E-state index is -0.549. The van der Waals surface area contributed by atoms with Crippen LogP contribution < -0.4 is 0 Å². The predicted octanol–water partition coefficient (Wildman–Crippen LogP) is 4.27. The third-order valence-corrected chi connectivity index (χ3v) is 5.40. The number of aromatic nitrogens is 1. The molecule has 0 aliphatic rings. The van der Waals surface area contributed by atoms with E-state index in [-0.39, 0.29) is 0 Å². The number of pyridine rings is 1. The Morgan fingerprint density at radius 3 is 2.00 bits per heavy atom. The van der Waals surface area contributed by atoms with Gasteiger partial charge >= 0.3 is 0 Å². The summed E-state index contributed by atoms with van der Waals surface area (Å²) >= 11 is 12.5. The third-order valence-electron chi connectivity index (χ3n) is 0.944. The lowest BCUT2D eigenvalue weighted by Gasteiger charge is -2.01. The molecule has 1 aromatic heterocycles. The minimum Gasteiger partial charge on any atom is -0.210 e. The Morgan fingerprint density at radius 2 is 1.45 bits per heavy atom. The van der Waals surface area contributed by atoms with Gasteiger partial charge in [0.2, 0.25) is 5.95 Å². The van der Waals surface area contributed by atoms with Gasteiger partial charge in [0, 0.05) is 0 Å². The van der Waals surface area contributed by atoms with Gasteiger partial charge in [-0.3, -0.25) is 0 Å². The van der Waals surface area contributed by atoms with Crippen LogP contribution in [0.25, 0.3) is 0 Å². The van der Waals surface area contributed by atoms with E-state index in [1.165, 1.54) is 0 Å². The average Bonchev–Trinajstić information content (AvgIpc) is 1.97. The van der Waals surface area contributed by atoms with Crippen molar-refractivity contribution in [1.82, 2.24) is 4.98 Å². The van der Waals surface area contributed by atoms with Gasteiger partial charge in [-0.05, 0) is 63.7 Å². The molecule has 0 atom stereocenters. The van der Waals surface area contributed by atoms with Gasteiger partial charge in [0.1, 0.15) is 4.60 Å². The van der Waals surface area contributed by atoms with Crippen LogP contribution in [0.5, 0.6) is 0 Å². The number of rotatable bonds is 0. The van der Waals surface area contributed by atoms with E-state index in [0.29, 0.717) is 18.0 Å². The fourth-order valence-electron chi connectivity index (χ4n) is 0.462. The Bertz CT molecular complexity index is 275. The number of nitrogens with zero attached hydrogens (tertiary/aromatic N) is 1. The zero-order valence-electron chi connectivity index (χ0n) is 4.84. The molecular weight excluding hydrogens is 413 g/mol. The molecule has 60 valence electrons. The maximum Gasteiger partial charge on any atom is 0.229 e. The summed E-state index contributed by atoms with van der Waals surface area (Å²) in [4.78, 5) is 3.56. The maximum atomic E-state index is 12.8. The van der Waals surface area contributed by atoms with E-state index in [1.54, 1.807) is 0 Å². The van der Waals surface area contributed by atoms with Gasteiger partial charge in [0.15, 0.2) is 0 Å². The van der Waals surface area contributed by atoms with Crippen LogP contribution in [0.1, 0.15) is 0 Å². The van der Waals surface area contributed by atoms with Gasteiger partial charge in [-0.25, -0.2) is 4.98 Å². The maximum absolute atomic E-state index is 12.8. The molecule has 0 spiro atoms. The minimum absolute atomic E-state index is 0.313. The van der Waals surface area contributed by atoms with E-state index in [0.717, 1.165) is 0 Å². The van der Waals surface area contributed by atoms with Crippen LogP contribution in [0.2, 0.25) is 0 Å². The number of halogens is 5. The molecule has 0 aliphatic heterocycles. The highest BCUT2D eigenvalue weighted by Crippen LogP contribution is 2.36. The van der Waals surface area contributed by atoms with Gasteiger partial charge in [0.05, 0.1) is 13.4 Å². The van der Waals surface area contributed by atoms with E-state index in [1.807, 2.05) is 0 Å². The van der Waals surface area contributed by atoms with Crippen molar-refractivity contribution in [2.75, 3.05) is 0 Å². The Hall–Kier alpha value is 1.000. The summed E-state index contributed by atoms with van der Waals surface area (Å²) in [7, 11) is 0. The fraction of sp³-hybridized carbons (Fsp3) is 0. The molecule has 0 radical (unpaired) electrons. The lowest BCUT2D eigenvalue weighted by molar-refractivity contribution is 0.571. The van der Waals surface area contributed by atoms with Crippen LogP contribution in [0.4, 0.5) is 4.39 Å². The zero-order chi connectivity index (χ0) is 8.59. The lowest BCUT2D eigenvalue weighted by Crippen LogP contribution is -1.88. The molecule has 0 saturated carbocycles. The quantitative estimate of drug-likeness (QED) is 0.580. The predicted molar refractivity (Wildman–Crippen MR) is 55.0 cm³/mol. The first kappa shape index (κ1) is 10.1. The van der Waals surface area contributed by atoms with Gasteiger partial charge < -0.3 is 0 Å². The highest BCUT2D eigenvalue weighted by Gasteiger charge is 2.12. The first-order chi connectivity index (χ1) is 5.04. The summed E-state index contributed by atoms with van der Waals surface area (Å²) in [6, 6.07) is 0. The van der Waals surface area contributed by atoms with Crippen molar-refractivity contribution in [2.24, 2.45) is 0 Å². The first-order valence-corrected chi connectivity index (χ1v) is 5.56. The molecule has 0 amide bonds. The van der Waals surface area contributed by atoms with Crippen molar-refractivity contribution >= 4 is 63.7 Å². The number of hydrogen-bond acceptors (Lipinski definition) is 1. The first-order valence-electron chi connectivity index (χ1n) is 2.39. The summed E-state index contributed by atoms with van der Waals surface area (Å²) in [6.45, 7) is 0. The number of hydrogen-bond donors (Lipinski definition) is 0. The van der Waals surface area contributed by atoms with Crippen LogP contribution in [-0.4, -0.2) is 4.98 Å². The van der Waals surface area contributed by atoms with Crippen LogP contribution >= 0.6 is 63.7 Å². The van der Waals surface area contributed by atoms with Gasteiger partial charge in [-0.2, -0.15) is 4.39 Å². The summed E-state index contributed by atoms with van der Waals surface area (Å²) in [6.07, 6.45) is 0. The summed E-state index contributed by atoms with van der Waals surface area (Å²) in [5.41, 5.74) is 0. The molecule has 0 N–H and O–H groups in total. The molecule has 6 heteroatoms. The van der Waals surface area contributed by atoms with Gasteiger partial charge in [-0.15, -0.1) is 0 Å². The highest BCUT2D eigenvalue weighted by molar-refractivity contribution is 9.15. The molecule has 1 rings (SSSR count). The van der Waals surface area contributed by atoms with Crippen molar-refractivity contribution in [2.45, 2.75) is 0 Å². The average molecular weight is 413 g/mol. The molecule has 0 aliphatic carbocycles. The molecule has 1 heterocycles. The largest absolute Gasteiger partial charge is 0.229 e. The van der Waals surface area contributed by atoms with Crippen molar-refractivity contribution in [3.05, 3.63) is 24.0 Å². The van der Waals surface area contributed by atoms with Gasteiger partial charge in [0.25, 0.3) is 0 Å². The smallest absolute Gasteiger partial charge is 0.210 e. The summed E-state index contributed by atoms with van der Waals surface area (Å²) < 4.78 is 14.8. The van der Waals surface area contributed by atoms with Crippen molar-refractivity contribution in [3.63, 3.8) is 0 Å². The van der Waals surface area contributed by atoms with Crippen LogP contribution in [0.3, 0.4) is 0 Å². The summed E-state index contributed by atoms with van der Waals surface area (Å²) in [5.74, 6) is -0.549. The van der Waals surface area contributed by atoms with Crippen molar-refractivity contribution in [3.8, 4) is 0 Å². The third kappa shape index (κ3) is 2.02. The van der Waals surface area contributed by atoms with E-state index in [9.17, 15) is 4.39 Å². The Morgan fingerprint density at radius 1 is 0.909 bits per heavy atom. The van der Waals surface area contributed by atoms with Crippen LogP contribution in [-0.2, 0) is 0 Å². The molecular formula is C5Br4FN. The molecule has 0 aromatic carbocycles. The van der Waals surface area contributed by atoms with Crippen LogP contribution in [0.15, 0.2) is 18.0 Å². The second-order valence-electron chi connectivity index (χ2n) is 1.64. The molecule has 0 unspecified atom stereocenters. The van der Waals surface area contributed by atoms with Crippen molar-refractivity contribution < 1.29 is 4.39 Å². The molecule has 0 saturated heterocycles. The topological polar surface area (TPSA) is 12.9 Å². The standard InChI is InChI=1S/C5Br4FN/c6-1-2(7)4(9)11-5(10)3(1)8. The van der Waals surface area contributed by atoms with E-state index in [4.69, 9.17) is 0 Å². The fourth-order valence-corrected chi connectivity index (χ4v) is 2.27.